The predicted octanol–water partition coefficient (Wildman–Crippen LogP) is 2.55. The largest absolute Gasteiger partial charge is 0.322 e. The van der Waals surface area contributed by atoms with Crippen LogP contribution in [0.15, 0.2) is 47.4 Å². The second kappa shape index (κ2) is 5.85. The molecule has 1 amide bonds. The van der Waals surface area contributed by atoms with Gasteiger partial charge in [-0.1, -0.05) is 29.8 Å². The van der Waals surface area contributed by atoms with Crippen molar-refractivity contribution in [1.82, 2.24) is 0 Å². The van der Waals surface area contributed by atoms with Crippen molar-refractivity contribution in [3.8, 4) is 0 Å². The maximum absolute atomic E-state index is 12.1. The summed E-state index contributed by atoms with van der Waals surface area (Å²) in [5, 5.41) is 8.04. The normalized spacial score (nSPS) is 11.2. The number of nitrogens with two attached hydrogens (primary N) is 1. The highest BCUT2D eigenvalue weighted by Gasteiger charge is 2.14. The summed E-state index contributed by atoms with van der Waals surface area (Å²) in [4.78, 5) is 12.1. The number of carbonyl (C=O) groups is 1. The molecule has 0 bridgehead atoms. The first-order chi connectivity index (χ1) is 9.79. The Morgan fingerprint density at radius 2 is 1.86 bits per heavy atom. The zero-order valence-electron chi connectivity index (χ0n) is 11.1. The average Bonchev–Trinajstić information content (AvgIpc) is 2.40. The van der Waals surface area contributed by atoms with Gasteiger partial charge in [-0.05, 0) is 36.8 Å². The van der Waals surface area contributed by atoms with Gasteiger partial charge >= 0.3 is 0 Å². The molecule has 0 aliphatic rings. The SMILES string of the molecule is Cc1ccc(NC(=O)c2ccccc2Cl)cc1S(N)(=O)=O. The Bertz CT molecular complexity index is 804. The summed E-state index contributed by atoms with van der Waals surface area (Å²) in [6, 6.07) is 11.1. The lowest BCUT2D eigenvalue weighted by molar-refractivity contribution is 0.102. The highest BCUT2D eigenvalue weighted by molar-refractivity contribution is 7.89. The minimum Gasteiger partial charge on any atom is -0.322 e. The Balaban J connectivity index is 2.33. The van der Waals surface area contributed by atoms with E-state index in [4.69, 9.17) is 16.7 Å². The third kappa shape index (κ3) is 3.60. The third-order valence-corrected chi connectivity index (χ3v) is 4.25. The number of anilines is 1. The van der Waals surface area contributed by atoms with Gasteiger partial charge in [0, 0.05) is 5.69 Å². The molecule has 0 saturated carbocycles. The van der Waals surface area contributed by atoms with Gasteiger partial charge in [0.25, 0.3) is 5.91 Å². The summed E-state index contributed by atoms with van der Waals surface area (Å²) in [6.45, 7) is 1.62. The monoisotopic (exact) mass is 324 g/mol. The molecule has 0 radical (unpaired) electrons. The Labute approximate surface area is 127 Å². The van der Waals surface area contributed by atoms with Crippen LogP contribution in [0, 0.1) is 6.92 Å². The van der Waals surface area contributed by atoms with Crippen LogP contribution in [-0.4, -0.2) is 14.3 Å². The molecule has 2 aromatic rings. The van der Waals surface area contributed by atoms with Crippen molar-refractivity contribution in [2.24, 2.45) is 5.14 Å². The molecule has 0 heterocycles. The Kier molecular flexibility index (Phi) is 4.32. The zero-order valence-corrected chi connectivity index (χ0v) is 12.7. The fourth-order valence-corrected chi connectivity index (χ4v) is 2.86. The third-order valence-electron chi connectivity index (χ3n) is 2.87. The number of hydrogen-bond acceptors (Lipinski definition) is 3. The molecule has 110 valence electrons. The lowest BCUT2D eigenvalue weighted by atomic mass is 10.2. The van der Waals surface area contributed by atoms with Gasteiger partial charge in [-0.25, -0.2) is 13.6 Å². The highest BCUT2D eigenvalue weighted by atomic mass is 35.5. The highest BCUT2D eigenvalue weighted by Crippen LogP contribution is 2.21. The average molecular weight is 325 g/mol. The molecule has 0 fully saturated rings. The molecular weight excluding hydrogens is 312 g/mol. The van der Waals surface area contributed by atoms with Crippen LogP contribution >= 0.6 is 11.6 Å². The Morgan fingerprint density at radius 1 is 1.19 bits per heavy atom. The fourth-order valence-electron chi connectivity index (χ4n) is 1.83. The van der Waals surface area contributed by atoms with E-state index in [-0.39, 0.29) is 4.90 Å². The van der Waals surface area contributed by atoms with E-state index in [9.17, 15) is 13.2 Å². The Morgan fingerprint density at radius 3 is 2.48 bits per heavy atom. The Hall–Kier alpha value is -1.89. The van der Waals surface area contributed by atoms with Crippen molar-refractivity contribution < 1.29 is 13.2 Å². The maximum Gasteiger partial charge on any atom is 0.257 e. The molecule has 0 unspecified atom stereocenters. The molecule has 0 aromatic heterocycles. The number of primary sulfonamides is 1. The minimum atomic E-state index is -3.84. The number of aryl methyl sites for hydroxylation is 1. The first-order valence-electron chi connectivity index (χ1n) is 5.98. The number of halogens is 1. The number of amides is 1. The van der Waals surface area contributed by atoms with Crippen LogP contribution in [0.4, 0.5) is 5.69 Å². The lowest BCUT2D eigenvalue weighted by Gasteiger charge is -2.09. The summed E-state index contributed by atoms with van der Waals surface area (Å²) in [5.74, 6) is -0.426. The topological polar surface area (TPSA) is 89.3 Å². The summed E-state index contributed by atoms with van der Waals surface area (Å²) >= 11 is 5.94. The maximum atomic E-state index is 12.1. The van der Waals surface area contributed by atoms with Crippen LogP contribution in [-0.2, 0) is 10.0 Å². The summed E-state index contributed by atoms with van der Waals surface area (Å²) in [5.41, 5.74) is 1.14. The number of sulfonamides is 1. The second-order valence-electron chi connectivity index (χ2n) is 4.46. The molecule has 0 aliphatic heterocycles. The van der Waals surface area contributed by atoms with E-state index in [0.29, 0.717) is 21.8 Å². The molecule has 2 aromatic carbocycles. The number of benzene rings is 2. The molecule has 5 nitrogen and oxygen atoms in total. The van der Waals surface area contributed by atoms with Crippen molar-refractivity contribution in [2.75, 3.05) is 5.32 Å². The van der Waals surface area contributed by atoms with Crippen LogP contribution < -0.4 is 10.5 Å². The summed E-state index contributed by atoms with van der Waals surface area (Å²) in [7, 11) is -3.84. The molecule has 0 atom stereocenters. The van der Waals surface area contributed by atoms with E-state index >= 15 is 0 Å². The van der Waals surface area contributed by atoms with Crippen molar-refractivity contribution >= 4 is 33.2 Å². The molecule has 0 spiro atoms. The van der Waals surface area contributed by atoms with Crippen molar-refractivity contribution in [3.63, 3.8) is 0 Å². The van der Waals surface area contributed by atoms with Gasteiger partial charge in [0.2, 0.25) is 10.0 Å². The van der Waals surface area contributed by atoms with Gasteiger partial charge in [-0.2, -0.15) is 0 Å². The first-order valence-corrected chi connectivity index (χ1v) is 7.91. The number of rotatable bonds is 3. The smallest absolute Gasteiger partial charge is 0.257 e. The summed E-state index contributed by atoms with van der Waals surface area (Å²) in [6.07, 6.45) is 0. The van der Waals surface area contributed by atoms with Gasteiger partial charge in [-0.15, -0.1) is 0 Å². The standard InChI is InChI=1S/C14H13ClN2O3S/c1-9-6-7-10(8-13(9)21(16,19)20)17-14(18)11-4-2-3-5-12(11)15/h2-8H,1H3,(H,17,18)(H2,16,19,20). The van der Waals surface area contributed by atoms with E-state index in [2.05, 4.69) is 5.32 Å². The minimum absolute atomic E-state index is 0.0283. The lowest BCUT2D eigenvalue weighted by Crippen LogP contribution is -2.16. The van der Waals surface area contributed by atoms with Crippen molar-refractivity contribution in [1.29, 1.82) is 0 Å². The quantitative estimate of drug-likeness (QED) is 0.909. The molecule has 7 heteroatoms. The number of nitrogens with one attached hydrogen (secondary N) is 1. The van der Waals surface area contributed by atoms with Gasteiger partial charge < -0.3 is 5.32 Å². The fraction of sp³-hybridized carbons (Fsp3) is 0.0714. The van der Waals surface area contributed by atoms with Crippen molar-refractivity contribution in [2.45, 2.75) is 11.8 Å². The van der Waals surface area contributed by atoms with E-state index in [1.54, 1.807) is 43.3 Å². The molecule has 21 heavy (non-hydrogen) atoms. The van der Waals surface area contributed by atoms with Gasteiger partial charge in [-0.3, -0.25) is 4.79 Å². The van der Waals surface area contributed by atoms with Crippen LogP contribution in [0.5, 0.6) is 0 Å². The zero-order chi connectivity index (χ0) is 15.6. The first kappa shape index (κ1) is 15.5. The van der Waals surface area contributed by atoms with E-state index < -0.39 is 15.9 Å². The van der Waals surface area contributed by atoms with Crippen LogP contribution in [0.25, 0.3) is 0 Å². The van der Waals surface area contributed by atoms with Crippen LogP contribution in [0.1, 0.15) is 15.9 Å². The van der Waals surface area contributed by atoms with Crippen LogP contribution in [0.3, 0.4) is 0 Å². The molecule has 3 N–H and O–H groups in total. The molecular formula is C14H13ClN2O3S. The molecule has 2 rings (SSSR count). The van der Waals surface area contributed by atoms with Gasteiger partial charge in [0.15, 0.2) is 0 Å². The van der Waals surface area contributed by atoms with E-state index in [0.717, 1.165) is 0 Å². The van der Waals surface area contributed by atoms with E-state index in [1.807, 2.05) is 0 Å². The molecule has 0 aliphatic carbocycles. The number of hydrogen-bond donors (Lipinski definition) is 2. The van der Waals surface area contributed by atoms with Gasteiger partial charge in [0.05, 0.1) is 15.5 Å². The predicted molar refractivity (Wildman–Crippen MR) is 82.0 cm³/mol. The second-order valence-corrected chi connectivity index (χ2v) is 6.40. The van der Waals surface area contributed by atoms with E-state index in [1.165, 1.54) is 6.07 Å². The van der Waals surface area contributed by atoms with Crippen molar-refractivity contribution in [3.05, 3.63) is 58.6 Å². The van der Waals surface area contributed by atoms with Gasteiger partial charge in [0.1, 0.15) is 0 Å². The number of carbonyl (C=O) groups excluding carboxylic acids is 1. The summed E-state index contributed by atoms with van der Waals surface area (Å²) < 4.78 is 22.9. The molecule has 0 saturated heterocycles. The van der Waals surface area contributed by atoms with Crippen LogP contribution in [0.2, 0.25) is 5.02 Å².